The summed E-state index contributed by atoms with van der Waals surface area (Å²) in [6, 6.07) is 26.6. The standard InChI is InChI=1S/C57H78N2O3S/c1-6-7-8-9-10-11-12-13-14-15-16-17-18-19-23-30-43-58-50-41-39-46-33-26-28-35-48(46)54(50)56(2,3)52(58)37-24-21-20-22-25-38-53-57(4,5)55-49-36-29-27-34-47(49)40-42-51(55)59(53)44-31-32-45-63(60,61)62/h20-22,24-29,33-42,53H,6-19,23,30-32,43-45H2,1-5H3,(H,60,61,62). The third kappa shape index (κ3) is 12.6. The Morgan fingerprint density at radius 3 is 1.63 bits per heavy atom. The van der Waals surface area contributed by atoms with Crippen LogP contribution in [0.5, 0.6) is 0 Å². The lowest BCUT2D eigenvalue weighted by Gasteiger charge is -2.32. The minimum Gasteiger partial charge on any atom is -0.364 e. The fraction of sp³-hybridized carbons (Fsp3) is 0.509. The van der Waals surface area contributed by atoms with Gasteiger partial charge >= 0.3 is 0 Å². The highest BCUT2D eigenvalue weighted by Gasteiger charge is 2.44. The first kappa shape index (κ1) is 48.3. The molecule has 6 heteroatoms. The van der Waals surface area contributed by atoms with Gasteiger partial charge in [-0.15, -0.1) is 0 Å². The summed E-state index contributed by atoms with van der Waals surface area (Å²) in [5.74, 6) is -0.211. The highest BCUT2D eigenvalue weighted by molar-refractivity contribution is 7.85. The number of allylic oxidation sites excluding steroid dienone is 7. The van der Waals surface area contributed by atoms with E-state index in [0.29, 0.717) is 19.4 Å². The molecule has 4 aromatic carbocycles. The van der Waals surface area contributed by atoms with E-state index in [9.17, 15) is 13.0 Å². The third-order valence-corrected chi connectivity index (χ3v) is 14.8. The number of hydrogen-bond acceptors (Lipinski definition) is 4. The van der Waals surface area contributed by atoms with E-state index >= 15 is 0 Å². The summed E-state index contributed by atoms with van der Waals surface area (Å²) in [7, 11) is -3.98. The molecule has 4 aromatic rings. The lowest BCUT2D eigenvalue weighted by molar-refractivity contribution is 0.468. The molecule has 2 aliphatic heterocycles. The predicted molar refractivity (Wildman–Crippen MR) is 273 cm³/mol. The van der Waals surface area contributed by atoms with Gasteiger partial charge in [0.15, 0.2) is 0 Å². The molecular weight excluding hydrogens is 793 g/mol. The van der Waals surface area contributed by atoms with Gasteiger partial charge in [-0.3, -0.25) is 4.55 Å². The zero-order valence-electron chi connectivity index (χ0n) is 39.5. The zero-order chi connectivity index (χ0) is 44.7. The molecule has 0 saturated carbocycles. The van der Waals surface area contributed by atoms with Gasteiger partial charge in [0, 0.05) is 41.0 Å². The molecule has 63 heavy (non-hydrogen) atoms. The lowest BCUT2D eigenvalue weighted by Crippen LogP contribution is -2.40. The van der Waals surface area contributed by atoms with E-state index in [-0.39, 0.29) is 22.6 Å². The Morgan fingerprint density at radius 1 is 0.556 bits per heavy atom. The Kier molecular flexibility index (Phi) is 17.8. The van der Waals surface area contributed by atoms with Gasteiger partial charge in [0.05, 0.1) is 11.8 Å². The van der Waals surface area contributed by atoms with Crippen LogP contribution >= 0.6 is 0 Å². The molecular formula is C57H78N2O3S. The summed E-state index contributed by atoms with van der Waals surface area (Å²) in [5, 5.41) is 5.15. The first-order chi connectivity index (χ1) is 30.4. The van der Waals surface area contributed by atoms with Crippen LogP contribution in [0.1, 0.15) is 161 Å². The first-order valence-electron chi connectivity index (χ1n) is 24.7. The Labute approximate surface area is 382 Å². The summed E-state index contributed by atoms with van der Waals surface area (Å²) in [5.41, 5.74) is 6.38. The molecule has 2 aliphatic rings. The van der Waals surface area contributed by atoms with Crippen molar-refractivity contribution in [3.63, 3.8) is 0 Å². The largest absolute Gasteiger partial charge is 0.364 e. The van der Waals surface area contributed by atoms with Crippen LogP contribution in [0.3, 0.4) is 0 Å². The maximum absolute atomic E-state index is 11.5. The minimum absolute atomic E-state index is 0.0884. The van der Waals surface area contributed by atoms with Crippen LogP contribution in [0.25, 0.3) is 21.5 Å². The van der Waals surface area contributed by atoms with Crippen molar-refractivity contribution in [3.05, 3.63) is 132 Å². The van der Waals surface area contributed by atoms with E-state index in [1.165, 1.54) is 152 Å². The minimum atomic E-state index is -3.98. The monoisotopic (exact) mass is 871 g/mol. The van der Waals surface area contributed by atoms with Crippen LogP contribution in [-0.2, 0) is 20.9 Å². The van der Waals surface area contributed by atoms with Gasteiger partial charge in [-0.05, 0) is 70.1 Å². The second kappa shape index (κ2) is 23.2. The van der Waals surface area contributed by atoms with Crippen molar-refractivity contribution in [2.24, 2.45) is 0 Å². The Morgan fingerprint density at radius 2 is 1.05 bits per heavy atom. The van der Waals surface area contributed by atoms with Crippen molar-refractivity contribution in [2.45, 2.75) is 167 Å². The Bertz CT molecular complexity index is 2320. The molecule has 0 radical (unpaired) electrons. The van der Waals surface area contributed by atoms with Crippen LogP contribution < -0.4 is 9.80 Å². The van der Waals surface area contributed by atoms with Crippen molar-refractivity contribution in [2.75, 3.05) is 28.6 Å². The Hall–Kier alpha value is -4.13. The predicted octanol–water partition coefficient (Wildman–Crippen LogP) is 15.7. The molecule has 1 atom stereocenters. The topological polar surface area (TPSA) is 60.9 Å². The quantitative estimate of drug-likeness (QED) is 0.0387. The van der Waals surface area contributed by atoms with Crippen LogP contribution in [0.2, 0.25) is 0 Å². The van der Waals surface area contributed by atoms with Gasteiger partial charge in [0.25, 0.3) is 10.1 Å². The molecule has 340 valence electrons. The zero-order valence-corrected chi connectivity index (χ0v) is 40.3. The summed E-state index contributed by atoms with van der Waals surface area (Å²) in [6.45, 7) is 13.5. The molecule has 1 unspecified atom stereocenters. The normalized spacial score (nSPS) is 17.7. The van der Waals surface area contributed by atoms with Crippen molar-refractivity contribution in [1.29, 1.82) is 0 Å². The molecule has 0 fully saturated rings. The number of benzene rings is 4. The van der Waals surface area contributed by atoms with Gasteiger partial charge < -0.3 is 9.80 Å². The van der Waals surface area contributed by atoms with Crippen LogP contribution in [0.15, 0.2) is 121 Å². The fourth-order valence-electron chi connectivity index (χ4n) is 10.6. The highest BCUT2D eigenvalue weighted by Crippen LogP contribution is 2.51. The maximum Gasteiger partial charge on any atom is 0.264 e. The summed E-state index contributed by atoms with van der Waals surface area (Å²) in [6.07, 6.45) is 38.6. The SMILES string of the molecule is CCCCCCCCCCCCCCCCCCN1C(=CC=CC=CC=CC2N(CCCCS(=O)(=O)O)c3ccc4ccccc4c3C2(C)C)C(C)(C)c2c1ccc1ccccc21. The number of fused-ring (bicyclic) bond motifs is 6. The smallest absolute Gasteiger partial charge is 0.264 e. The molecule has 1 N–H and O–H groups in total. The maximum atomic E-state index is 11.5. The van der Waals surface area contributed by atoms with E-state index in [1.54, 1.807) is 0 Å². The first-order valence-corrected chi connectivity index (χ1v) is 26.3. The molecule has 2 heterocycles. The Balaban J connectivity index is 1.07. The van der Waals surface area contributed by atoms with E-state index in [2.05, 4.69) is 160 Å². The number of unbranched alkanes of at least 4 members (excludes halogenated alkanes) is 16. The molecule has 0 spiro atoms. The second-order valence-corrected chi connectivity index (χ2v) is 21.1. The van der Waals surface area contributed by atoms with Crippen LogP contribution in [0, 0.1) is 0 Å². The fourth-order valence-corrected chi connectivity index (χ4v) is 11.2. The van der Waals surface area contributed by atoms with E-state index in [4.69, 9.17) is 0 Å². The van der Waals surface area contributed by atoms with Crippen LogP contribution in [0.4, 0.5) is 11.4 Å². The lowest BCUT2D eigenvalue weighted by atomic mass is 9.78. The molecule has 0 bridgehead atoms. The van der Waals surface area contributed by atoms with Gasteiger partial charge in [0.1, 0.15) is 0 Å². The number of hydrogen-bond donors (Lipinski definition) is 1. The van der Waals surface area contributed by atoms with E-state index in [1.807, 2.05) is 0 Å². The molecule has 0 saturated heterocycles. The van der Waals surface area contributed by atoms with Gasteiger partial charge in [-0.2, -0.15) is 8.42 Å². The van der Waals surface area contributed by atoms with Crippen molar-refractivity contribution >= 4 is 43.0 Å². The average molecular weight is 871 g/mol. The van der Waals surface area contributed by atoms with Crippen LogP contribution in [-0.4, -0.2) is 37.9 Å². The van der Waals surface area contributed by atoms with Gasteiger partial charge in [-0.25, -0.2) is 0 Å². The third-order valence-electron chi connectivity index (χ3n) is 14.0. The van der Waals surface area contributed by atoms with Gasteiger partial charge in [-0.1, -0.05) is 228 Å². The van der Waals surface area contributed by atoms with Gasteiger partial charge in [0.2, 0.25) is 0 Å². The van der Waals surface area contributed by atoms with Crippen molar-refractivity contribution < 1.29 is 13.0 Å². The van der Waals surface area contributed by atoms with Crippen molar-refractivity contribution in [1.82, 2.24) is 0 Å². The second-order valence-electron chi connectivity index (χ2n) is 19.5. The van der Waals surface area contributed by atoms with Crippen molar-refractivity contribution in [3.8, 4) is 0 Å². The number of nitrogens with zero attached hydrogens (tertiary/aromatic N) is 2. The number of rotatable bonds is 26. The summed E-state index contributed by atoms with van der Waals surface area (Å²) in [4.78, 5) is 5.03. The molecule has 6 rings (SSSR count). The van der Waals surface area contributed by atoms with E-state index in [0.717, 1.165) is 6.54 Å². The summed E-state index contributed by atoms with van der Waals surface area (Å²) < 4.78 is 32.3. The number of anilines is 2. The molecule has 5 nitrogen and oxygen atoms in total. The molecule has 0 aromatic heterocycles. The highest BCUT2D eigenvalue weighted by atomic mass is 32.2. The molecule has 0 amide bonds. The van der Waals surface area contributed by atoms with E-state index < -0.39 is 10.1 Å². The summed E-state index contributed by atoms with van der Waals surface area (Å²) >= 11 is 0. The average Bonchev–Trinajstić information content (AvgIpc) is 3.62. The molecule has 0 aliphatic carbocycles.